The summed E-state index contributed by atoms with van der Waals surface area (Å²) in [6.07, 6.45) is 5.91. The number of hydrogen-bond acceptors (Lipinski definition) is 1. The monoisotopic (exact) mass is 153 g/mol. The smallest absolute Gasteiger partial charge is 0.00757 e. The molecule has 64 valence electrons. The molecule has 0 aromatic heterocycles. The van der Waals surface area contributed by atoms with Gasteiger partial charge in [-0.2, -0.15) is 0 Å². The van der Waals surface area contributed by atoms with Crippen molar-refractivity contribution in [1.29, 1.82) is 0 Å². The van der Waals surface area contributed by atoms with Crippen molar-refractivity contribution in [3.8, 4) is 0 Å². The topological polar surface area (TPSA) is 12.0 Å². The minimum atomic E-state index is 0.600. The SMILES string of the molecule is C=CCC(C)NC(C)C1CC1. The second-order valence-corrected chi connectivity index (χ2v) is 3.72. The van der Waals surface area contributed by atoms with Crippen LogP contribution in [0.3, 0.4) is 0 Å². The highest BCUT2D eigenvalue weighted by Gasteiger charge is 2.28. The van der Waals surface area contributed by atoms with Gasteiger partial charge in [-0.25, -0.2) is 0 Å². The first kappa shape index (κ1) is 8.79. The van der Waals surface area contributed by atoms with Gasteiger partial charge in [0.05, 0.1) is 0 Å². The lowest BCUT2D eigenvalue weighted by atomic mass is 10.1. The van der Waals surface area contributed by atoms with Crippen LogP contribution in [0.15, 0.2) is 12.7 Å². The van der Waals surface area contributed by atoms with Crippen molar-refractivity contribution in [2.75, 3.05) is 0 Å². The summed E-state index contributed by atoms with van der Waals surface area (Å²) in [5, 5.41) is 3.57. The van der Waals surface area contributed by atoms with Gasteiger partial charge in [-0.3, -0.25) is 0 Å². The standard InChI is InChI=1S/C10H19N/c1-4-5-8(2)11-9(3)10-6-7-10/h4,8-11H,1,5-7H2,2-3H3. The van der Waals surface area contributed by atoms with Crippen molar-refractivity contribution in [3.05, 3.63) is 12.7 Å². The molecule has 0 radical (unpaired) electrons. The molecule has 1 aliphatic rings. The van der Waals surface area contributed by atoms with E-state index in [9.17, 15) is 0 Å². The average molecular weight is 153 g/mol. The Kier molecular flexibility index (Phi) is 3.13. The van der Waals surface area contributed by atoms with Crippen molar-refractivity contribution in [2.45, 2.75) is 45.2 Å². The number of rotatable bonds is 5. The summed E-state index contributed by atoms with van der Waals surface area (Å²) in [5.41, 5.74) is 0. The Bertz CT molecular complexity index is 127. The maximum Gasteiger partial charge on any atom is 0.00757 e. The van der Waals surface area contributed by atoms with E-state index in [0.717, 1.165) is 12.3 Å². The van der Waals surface area contributed by atoms with Crippen LogP contribution >= 0.6 is 0 Å². The molecule has 1 saturated carbocycles. The number of nitrogens with one attached hydrogen (secondary N) is 1. The zero-order valence-electron chi connectivity index (χ0n) is 7.64. The fourth-order valence-corrected chi connectivity index (χ4v) is 1.50. The lowest BCUT2D eigenvalue weighted by Crippen LogP contribution is -2.35. The van der Waals surface area contributed by atoms with Crippen molar-refractivity contribution >= 4 is 0 Å². The van der Waals surface area contributed by atoms with E-state index in [1.807, 2.05) is 6.08 Å². The Labute approximate surface area is 69.9 Å². The van der Waals surface area contributed by atoms with Crippen LogP contribution in [0.1, 0.15) is 33.1 Å². The second-order valence-electron chi connectivity index (χ2n) is 3.72. The van der Waals surface area contributed by atoms with Gasteiger partial charge in [0, 0.05) is 12.1 Å². The van der Waals surface area contributed by atoms with Crippen LogP contribution in [0.4, 0.5) is 0 Å². The predicted molar refractivity (Wildman–Crippen MR) is 49.6 cm³/mol. The first-order chi connectivity index (χ1) is 5.24. The minimum Gasteiger partial charge on any atom is -0.311 e. The molecular weight excluding hydrogens is 134 g/mol. The summed E-state index contributed by atoms with van der Waals surface area (Å²) in [4.78, 5) is 0. The summed E-state index contributed by atoms with van der Waals surface area (Å²) >= 11 is 0. The lowest BCUT2D eigenvalue weighted by molar-refractivity contribution is 0.434. The molecule has 1 nitrogen and oxygen atoms in total. The Morgan fingerprint density at radius 1 is 1.55 bits per heavy atom. The van der Waals surface area contributed by atoms with E-state index in [-0.39, 0.29) is 0 Å². The second kappa shape index (κ2) is 3.91. The summed E-state index contributed by atoms with van der Waals surface area (Å²) in [6.45, 7) is 8.24. The molecule has 0 aromatic carbocycles. The average Bonchev–Trinajstić information content (AvgIpc) is 2.67. The molecule has 0 aromatic rings. The third-order valence-electron chi connectivity index (χ3n) is 2.40. The molecule has 2 atom stereocenters. The van der Waals surface area contributed by atoms with Gasteiger partial charge >= 0.3 is 0 Å². The van der Waals surface area contributed by atoms with E-state index >= 15 is 0 Å². The molecule has 0 aliphatic heterocycles. The Hall–Kier alpha value is -0.300. The zero-order chi connectivity index (χ0) is 8.27. The van der Waals surface area contributed by atoms with E-state index in [2.05, 4.69) is 25.7 Å². The molecule has 0 spiro atoms. The Morgan fingerprint density at radius 2 is 2.18 bits per heavy atom. The molecule has 1 heteroatoms. The van der Waals surface area contributed by atoms with Crippen LogP contribution in [0.25, 0.3) is 0 Å². The van der Waals surface area contributed by atoms with E-state index in [4.69, 9.17) is 0 Å². The van der Waals surface area contributed by atoms with E-state index in [1.165, 1.54) is 12.8 Å². The highest BCUT2D eigenvalue weighted by Crippen LogP contribution is 2.32. The molecule has 0 bridgehead atoms. The predicted octanol–water partition coefficient (Wildman–Crippen LogP) is 2.34. The molecule has 2 unspecified atom stereocenters. The largest absolute Gasteiger partial charge is 0.311 e. The third-order valence-corrected chi connectivity index (χ3v) is 2.40. The molecule has 11 heavy (non-hydrogen) atoms. The van der Waals surface area contributed by atoms with Crippen molar-refractivity contribution < 1.29 is 0 Å². The summed E-state index contributed by atoms with van der Waals surface area (Å²) in [5.74, 6) is 0.960. The highest BCUT2D eigenvalue weighted by atomic mass is 14.9. The van der Waals surface area contributed by atoms with E-state index < -0.39 is 0 Å². The first-order valence-electron chi connectivity index (χ1n) is 4.61. The van der Waals surface area contributed by atoms with E-state index in [0.29, 0.717) is 12.1 Å². The Morgan fingerprint density at radius 3 is 2.64 bits per heavy atom. The van der Waals surface area contributed by atoms with E-state index in [1.54, 1.807) is 0 Å². The summed E-state index contributed by atoms with van der Waals surface area (Å²) in [7, 11) is 0. The van der Waals surface area contributed by atoms with Gasteiger partial charge in [-0.05, 0) is 39.0 Å². The van der Waals surface area contributed by atoms with Gasteiger partial charge in [0.25, 0.3) is 0 Å². The molecule has 1 aliphatic carbocycles. The first-order valence-corrected chi connectivity index (χ1v) is 4.61. The van der Waals surface area contributed by atoms with Crippen LogP contribution in [0.5, 0.6) is 0 Å². The number of hydrogen-bond donors (Lipinski definition) is 1. The molecule has 0 heterocycles. The minimum absolute atomic E-state index is 0.600. The lowest BCUT2D eigenvalue weighted by Gasteiger charge is -2.18. The maximum atomic E-state index is 3.73. The van der Waals surface area contributed by atoms with Gasteiger partial charge in [-0.1, -0.05) is 6.08 Å². The third kappa shape index (κ3) is 3.06. The fourth-order valence-electron chi connectivity index (χ4n) is 1.50. The van der Waals surface area contributed by atoms with Crippen LogP contribution in [0.2, 0.25) is 0 Å². The molecule has 1 rings (SSSR count). The van der Waals surface area contributed by atoms with Crippen LogP contribution in [0, 0.1) is 5.92 Å². The summed E-state index contributed by atoms with van der Waals surface area (Å²) < 4.78 is 0. The van der Waals surface area contributed by atoms with Crippen molar-refractivity contribution in [1.82, 2.24) is 5.32 Å². The molecule has 1 fully saturated rings. The van der Waals surface area contributed by atoms with Gasteiger partial charge in [0.1, 0.15) is 0 Å². The van der Waals surface area contributed by atoms with Crippen LogP contribution in [-0.2, 0) is 0 Å². The maximum absolute atomic E-state index is 3.73. The molecule has 0 saturated heterocycles. The van der Waals surface area contributed by atoms with Crippen molar-refractivity contribution in [3.63, 3.8) is 0 Å². The molecule has 0 amide bonds. The normalized spacial score (nSPS) is 22.7. The highest BCUT2D eigenvalue weighted by molar-refractivity contribution is 4.86. The quantitative estimate of drug-likeness (QED) is 0.598. The molecule has 1 N–H and O–H groups in total. The van der Waals surface area contributed by atoms with Gasteiger partial charge < -0.3 is 5.32 Å². The summed E-state index contributed by atoms with van der Waals surface area (Å²) in [6, 6.07) is 1.31. The molecular formula is C10H19N. The van der Waals surface area contributed by atoms with Crippen LogP contribution in [-0.4, -0.2) is 12.1 Å². The van der Waals surface area contributed by atoms with Gasteiger partial charge in [-0.15, -0.1) is 6.58 Å². The fraction of sp³-hybridized carbons (Fsp3) is 0.800. The van der Waals surface area contributed by atoms with Gasteiger partial charge in [0.2, 0.25) is 0 Å². The Balaban J connectivity index is 2.11. The van der Waals surface area contributed by atoms with Crippen molar-refractivity contribution in [2.24, 2.45) is 5.92 Å². The van der Waals surface area contributed by atoms with Gasteiger partial charge in [0.15, 0.2) is 0 Å². The van der Waals surface area contributed by atoms with Crippen LogP contribution < -0.4 is 5.32 Å². The zero-order valence-corrected chi connectivity index (χ0v) is 7.64.